The zero-order valence-corrected chi connectivity index (χ0v) is 16.6. The predicted octanol–water partition coefficient (Wildman–Crippen LogP) is 2.08. The number of carbonyl (C=O) groups is 1. The van der Waals surface area contributed by atoms with Crippen molar-refractivity contribution in [3.63, 3.8) is 0 Å². The maximum atomic E-state index is 12.9. The highest BCUT2D eigenvalue weighted by Crippen LogP contribution is 2.21. The molecule has 1 aliphatic rings. The van der Waals surface area contributed by atoms with Gasteiger partial charge in [-0.15, -0.1) is 0 Å². The van der Waals surface area contributed by atoms with Crippen molar-refractivity contribution < 1.29 is 13.2 Å². The lowest BCUT2D eigenvalue weighted by atomic mass is 10.2. The van der Waals surface area contributed by atoms with E-state index in [4.69, 9.17) is 0 Å². The molecule has 27 heavy (non-hydrogen) atoms. The van der Waals surface area contributed by atoms with Gasteiger partial charge < -0.3 is 9.80 Å². The molecule has 8 heteroatoms. The van der Waals surface area contributed by atoms with E-state index in [1.807, 2.05) is 38.1 Å². The van der Waals surface area contributed by atoms with Crippen LogP contribution in [0.3, 0.4) is 0 Å². The first-order valence-electron chi connectivity index (χ1n) is 8.94. The van der Waals surface area contributed by atoms with Gasteiger partial charge in [-0.2, -0.15) is 0 Å². The summed E-state index contributed by atoms with van der Waals surface area (Å²) >= 11 is 0. The van der Waals surface area contributed by atoms with Crippen molar-refractivity contribution in [2.24, 2.45) is 0 Å². The number of nitrogens with zero attached hydrogens (tertiary/aromatic N) is 4. The number of sulfone groups is 1. The fourth-order valence-corrected chi connectivity index (χ4v) is 5.03. The Morgan fingerprint density at radius 1 is 1.26 bits per heavy atom. The molecule has 0 bridgehead atoms. The topological polar surface area (TPSA) is 83.5 Å². The minimum absolute atomic E-state index is 0.116. The fraction of sp³-hybridized carbons (Fsp3) is 0.421. The molecule has 1 aromatic carbocycles. The summed E-state index contributed by atoms with van der Waals surface area (Å²) in [5.74, 6) is 0.568. The van der Waals surface area contributed by atoms with E-state index >= 15 is 0 Å². The smallest absolute Gasteiger partial charge is 0.261 e. The van der Waals surface area contributed by atoms with Gasteiger partial charge in [-0.1, -0.05) is 12.1 Å². The van der Waals surface area contributed by atoms with Crippen molar-refractivity contribution in [1.29, 1.82) is 0 Å². The number of amides is 1. The molecule has 1 amide bonds. The molecule has 1 aromatic heterocycles. The number of hydrogen-bond acceptors (Lipinski definition) is 6. The first kappa shape index (κ1) is 19.3. The van der Waals surface area contributed by atoms with Crippen LogP contribution in [0.5, 0.6) is 0 Å². The minimum Gasteiger partial charge on any atom is -0.340 e. The maximum absolute atomic E-state index is 12.9. The third kappa shape index (κ3) is 4.27. The summed E-state index contributed by atoms with van der Waals surface area (Å²) in [5.41, 5.74) is 2.31. The molecular formula is C19H24N4O3S. The molecule has 0 N–H and O–H groups in total. The van der Waals surface area contributed by atoms with Gasteiger partial charge in [-0.25, -0.2) is 18.4 Å². The van der Waals surface area contributed by atoms with Crippen LogP contribution in [0.15, 0.2) is 36.7 Å². The summed E-state index contributed by atoms with van der Waals surface area (Å²) in [6.45, 7) is 4.44. The molecule has 0 aliphatic carbocycles. The molecule has 0 saturated carbocycles. The van der Waals surface area contributed by atoms with Gasteiger partial charge in [-0.3, -0.25) is 4.79 Å². The molecule has 7 nitrogen and oxygen atoms in total. The van der Waals surface area contributed by atoms with Crippen molar-refractivity contribution in [3.8, 4) is 0 Å². The van der Waals surface area contributed by atoms with Crippen LogP contribution in [0.25, 0.3) is 0 Å². The van der Waals surface area contributed by atoms with E-state index in [-0.39, 0.29) is 23.5 Å². The predicted molar refractivity (Wildman–Crippen MR) is 106 cm³/mol. The monoisotopic (exact) mass is 388 g/mol. The molecule has 3 rings (SSSR count). The third-order valence-corrected chi connectivity index (χ3v) is 6.58. The summed E-state index contributed by atoms with van der Waals surface area (Å²) in [7, 11) is -1.19. The molecule has 1 fully saturated rings. The van der Waals surface area contributed by atoms with E-state index in [9.17, 15) is 13.2 Å². The van der Waals surface area contributed by atoms with Crippen molar-refractivity contribution in [1.82, 2.24) is 9.97 Å². The van der Waals surface area contributed by atoms with Crippen molar-refractivity contribution in [3.05, 3.63) is 47.8 Å². The average Bonchev–Trinajstić information content (AvgIpc) is 3.02. The van der Waals surface area contributed by atoms with Crippen molar-refractivity contribution >= 4 is 27.4 Å². The van der Waals surface area contributed by atoms with Crippen molar-refractivity contribution in [2.75, 3.05) is 34.9 Å². The van der Waals surface area contributed by atoms with E-state index < -0.39 is 9.84 Å². The van der Waals surface area contributed by atoms with Gasteiger partial charge in [-0.05, 0) is 38.0 Å². The second-order valence-electron chi connectivity index (χ2n) is 6.83. The lowest BCUT2D eigenvalue weighted by Gasteiger charge is -2.24. The van der Waals surface area contributed by atoms with Gasteiger partial charge in [0.2, 0.25) is 5.95 Å². The van der Waals surface area contributed by atoms with Gasteiger partial charge in [0.15, 0.2) is 9.84 Å². The van der Waals surface area contributed by atoms with E-state index in [2.05, 4.69) is 9.97 Å². The molecule has 2 aromatic rings. The molecule has 0 spiro atoms. The van der Waals surface area contributed by atoms with Gasteiger partial charge >= 0.3 is 0 Å². The summed E-state index contributed by atoms with van der Waals surface area (Å²) < 4.78 is 23.3. The van der Waals surface area contributed by atoms with Crippen LogP contribution in [0.1, 0.15) is 29.3 Å². The zero-order chi connectivity index (χ0) is 19.6. The average molecular weight is 388 g/mol. The SMILES string of the molecule is CCN(C(=O)c1cnc(N(C)C2CCS(=O)(=O)C2)nc1)c1cccc(C)c1. The van der Waals surface area contributed by atoms with Crippen LogP contribution in [0, 0.1) is 6.92 Å². The zero-order valence-electron chi connectivity index (χ0n) is 15.8. The van der Waals surface area contributed by atoms with Gasteiger partial charge in [0.05, 0.1) is 17.1 Å². The lowest BCUT2D eigenvalue weighted by molar-refractivity contribution is 0.0987. The lowest BCUT2D eigenvalue weighted by Crippen LogP contribution is -2.34. The quantitative estimate of drug-likeness (QED) is 0.780. The normalized spacial score (nSPS) is 18.3. The van der Waals surface area contributed by atoms with Crippen LogP contribution in [0.4, 0.5) is 11.6 Å². The number of rotatable bonds is 5. The Morgan fingerprint density at radius 2 is 1.96 bits per heavy atom. The Kier molecular flexibility index (Phi) is 5.46. The highest BCUT2D eigenvalue weighted by atomic mass is 32.2. The highest BCUT2D eigenvalue weighted by molar-refractivity contribution is 7.91. The highest BCUT2D eigenvalue weighted by Gasteiger charge is 2.31. The Morgan fingerprint density at radius 3 is 2.52 bits per heavy atom. The number of aryl methyl sites for hydroxylation is 1. The van der Waals surface area contributed by atoms with E-state index in [1.165, 1.54) is 12.4 Å². The Labute approximate surface area is 160 Å². The third-order valence-electron chi connectivity index (χ3n) is 4.83. The van der Waals surface area contributed by atoms with Crippen LogP contribution >= 0.6 is 0 Å². The maximum Gasteiger partial charge on any atom is 0.261 e. The summed E-state index contributed by atoms with van der Waals surface area (Å²) in [5, 5.41) is 0. The summed E-state index contributed by atoms with van der Waals surface area (Å²) in [6.07, 6.45) is 3.58. The van der Waals surface area contributed by atoms with Crippen LogP contribution in [-0.2, 0) is 9.84 Å². The summed E-state index contributed by atoms with van der Waals surface area (Å²) in [6, 6.07) is 7.64. The van der Waals surface area contributed by atoms with Crippen molar-refractivity contribution in [2.45, 2.75) is 26.3 Å². The van der Waals surface area contributed by atoms with Crippen LogP contribution in [-0.4, -0.2) is 55.4 Å². The first-order valence-corrected chi connectivity index (χ1v) is 10.8. The first-order chi connectivity index (χ1) is 12.8. The number of hydrogen-bond donors (Lipinski definition) is 0. The molecule has 0 radical (unpaired) electrons. The molecule has 1 unspecified atom stereocenters. The second kappa shape index (κ2) is 7.64. The number of anilines is 2. The minimum atomic E-state index is -2.98. The number of benzene rings is 1. The molecule has 144 valence electrons. The number of carbonyl (C=O) groups excluding carboxylic acids is 1. The molecule has 1 aliphatic heterocycles. The fourth-order valence-electron chi connectivity index (χ4n) is 3.25. The largest absolute Gasteiger partial charge is 0.340 e. The van der Waals surface area contributed by atoms with E-state index in [0.29, 0.717) is 24.5 Å². The van der Waals surface area contributed by atoms with E-state index in [0.717, 1.165) is 11.3 Å². The standard InChI is InChI=1S/C19H24N4O3S/c1-4-23(16-7-5-6-14(2)10-16)18(24)15-11-20-19(21-12-15)22(3)17-8-9-27(25,26)13-17/h5-7,10-12,17H,4,8-9,13H2,1-3H3. The Hall–Kier alpha value is -2.48. The molecule has 1 atom stereocenters. The molecular weight excluding hydrogens is 364 g/mol. The second-order valence-corrected chi connectivity index (χ2v) is 9.06. The van der Waals surface area contributed by atoms with Crippen LogP contribution in [0.2, 0.25) is 0 Å². The van der Waals surface area contributed by atoms with Gasteiger partial charge in [0, 0.05) is 37.7 Å². The van der Waals surface area contributed by atoms with Gasteiger partial charge in [0.1, 0.15) is 0 Å². The van der Waals surface area contributed by atoms with Crippen LogP contribution < -0.4 is 9.80 Å². The Balaban J connectivity index is 1.77. The molecule has 1 saturated heterocycles. The summed E-state index contributed by atoms with van der Waals surface area (Å²) in [4.78, 5) is 24.9. The van der Waals surface area contributed by atoms with E-state index in [1.54, 1.807) is 16.8 Å². The Bertz CT molecular complexity index is 928. The van der Waals surface area contributed by atoms with Gasteiger partial charge in [0.25, 0.3) is 5.91 Å². The molecule has 2 heterocycles. The number of aromatic nitrogens is 2.